The van der Waals surface area contributed by atoms with Gasteiger partial charge in [-0.25, -0.2) is 0 Å². The first-order chi connectivity index (χ1) is 10.2. The van der Waals surface area contributed by atoms with Crippen LogP contribution in [0.1, 0.15) is 51.5 Å². The van der Waals surface area contributed by atoms with Gasteiger partial charge in [0.05, 0.1) is 7.11 Å². The van der Waals surface area contributed by atoms with Crippen molar-refractivity contribution in [3.63, 3.8) is 0 Å². The van der Waals surface area contributed by atoms with Crippen LogP contribution in [0, 0.1) is 0 Å². The smallest absolute Gasteiger partial charge is 0.244 e. The molecule has 21 heavy (non-hydrogen) atoms. The number of carbonyl (C=O) groups is 1. The first-order valence-corrected chi connectivity index (χ1v) is 7.78. The Labute approximate surface area is 128 Å². The third-order valence-electron chi connectivity index (χ3n) is 3.42. The number of rotatable bonds is 9. The summed E-state index contributed by atoms with van der Waals surface area (Å²) in [5.41, 5.74) is 0.988. The van der Waals surface area contributed by atoms with E-state index in [2.05, 4.69) is 19.2 Å². The Bertz CT molecular complexity index is 437. The molecular weight excluding hydrogens is 262 g/mol. The van der Waals surface area contributed by atoms with Crippen molar-refractivity contribution in [2.75, 3.05) is 7.11 Å². The van der Waals surface area contributed by atoms with E-state index in [1.807, 2.05) is 30.3 Å². The van der Waals surface area contributed by atoms with Crippen LogP contribution < -0.4 is 10.1 Å². The minimum absolute atomic E-state index is 0.0335. The lowest BCUT2D eigenvalue weighted by molar-refractivity contribution is -0.117. The fraction of sp³-hybridized carbons (Fsp3) is 0.500. The average molecular weight is 289 g/mol. The van der Waals surface area contributed by atoms with E-state index in [1.165, 1.54) is 25.7 Å². The standard InChI is InChI=1S/C18H27NO2/c1-4-5-6-7-8-15(2)19-18(20)14-11-16-9-12-17(21-3)13-10-16/h9-15H,4-8H2,1-3H3,(H,19,20). The molecule has 0 radical (unpaired) electrons. The monoisotopic (exact) mass is 289 g/mol. The summed E-state index contributed by atoms with van der Waals surface area (Å²) in [6.45, 7) is 4.26. The van der Waals surface area contributed by atoms with Gasteiger partial charge in [0.1, 0.15) is 5.75 Å². The third-order valence-corrected chi connectivity index (χ3v) is 3.42. The second kappa shape index (κ2) is 10.0. The Morgan fingerprint density at radius 2 is 1.95 bits per heavy atom. The summed E-state index contributed by atoms with van der Waals surface area (Å²) in [5.74, 6) is 0.783. The molecule has 1 aromatic carbocycles. The Kier molecular flexibility index (Phi) is 8.25. The summed E-state index contributed by atoms with van der Waals surface area (Å²) < 4.78 is 5.10. The van der Waals surface area contributed by atoms with Gasteiger partial charge >= 0.3 is 0 Å². The number of benzene rings is 1. The van der Waals surface area contributed by atoms with Crippen molar-refractivity contribution in [2.24, 2.45) is 0 Å². The first-order valence-electron chi connectivity index (χ1n) is 7.78. The summed E-state index contributed by atoms with van der Waals surface area (Å²) in [7, 11) is 1.64. The van der Waals surface area contributed by atoms with Crippen molar-refractivity contribution >= 4 is 12.0 Å². The van der Waals surface area contributed by atoms with E-state index in [0.717, 1.165) is 17.7 Å². The molecule has 1 N–H and O–H groups in total. The van der Waals surface area contributed by atoms with Gasteiger partial charge < -0.3 is 10.1 Å². The third kappa shape index (κ3) is 7.54. The van der Waals surface area contributed by atoms with Gasteiger partial charge in [-0.1, -0.05) is 44.7 Å². The molecule has 0 bridgehead atoms. The zero-order chi connectivity index (χ0) is 15.5. The van der Waals surface area contributed by atoms with Crippen LogP contribution in [0.15, 0.2) is 30.3 Å². The van der Waals surface area contributed by atoms with Crippen LogP contribution >= 0.6 is 0 Å². The highest BCUT2D eigenvalue weighted by Crippen LogP contribution is 2.12. The van der Waals surface area contributed by atoms with Gasteiger partial charge in [-0.2, -0.15) is 0 Å². The Morgan fingerprint density at radius 1 is 1.24 bits per heavy atom. The highest BCUT2D eigenvalue weighted by atomic mass is 16.5. The van der Waals surface area contributed by atoms with Gasteiger partial charge in [-0.15, -0.1) is 0 Å². The molecule has 3 nitrogen and oxygen atoms in total. The van der Waals surface area contributed by atoms with E-state index in [1.54, 1.807) is 13.2 Å². The van der Waals surface area contributed by atoms with E-state index in [4.69, 9.17) is 4.74 Å². The number of methoxy groups -OCH3 is 1. The molecule has 1 unspecified atom stereocenters. The summed E-state index contributed by atoms with van der Waals surface area (Å²) in [6.07, 6.45) is 9.39. The number of amides is 1. The van der Waals surface area contributed by atoms with Crippen LogP contribution in [0.25, 0.3) is 6.08 Å². The highest BCUT2D eigenvalue weighted by molar-refractivity contribution is 5.91. The Morgan fingerprint density at radius 3 is 2.57 bits per heavy atom. The molecule has 1 aromatic rings. The number of unbranched alkanes of at least 4 members (excludes halogenated alkanes) is 3. The van der Waals surface area contributed by atoms with Gasteiger partial charge in [0, 0.05) is 12.1 Å². The van der Waals surface area contributed by atoms with Crippen molar-refractivity contribution in [2.45, 2.75) is 52.0 Å². The highest BCUT2D eigenvalue weighted by Gasteiger charge is 2.04. The SMILES string of the molecule is CCCCCCC(C)NC(=O)C=Cc1ccc(OC)cc1. The largest absolute Gasteiger partial charge is 0.497 e. The molecule has 116 valence electrons. The maximum absolute atomic E-state index is 11.8. The molecule has 0 aliphatic carbocycles. The second-order valence-corrected chi connectivity index (χ2v) is 5.37. The zero-order valence-corrected chi connectivity index (χ0v) is 13.4. The molecule has 1 amide bonds. The zero-order valence-electron chi connectivity index (χ0n) is 13.4. The molecular formula is C18H27NO2. The summed E-state index contributed by atoms with van der Waals surface area (Å²) in [6, 6.07) is 7.85. The van der Waals surface area contributed by atoms with Gasteiger partial charge in [0.2, 0.25) is 5.91 Å². The molecule has 0 aliphatic rings. The molecule has 1 atom stereocenters. The summed E-state index contributed by atoms with van der Waals surface area (Å²) >= 11 is 0. The number of ether oxygens (including phenoxy) is 1. The van der Waals surface area contributed by atoms with E-state index in [0.29, 0.717) is 0 Å². The van der Waals surface area contributed by atoms with Crippen LogP contribution in [0.5, 0.6) is 5.75 Å². The quantitative estimate of drug-likeness (QED) is 0.547. The van der Waals surface area contributed by atoms with Crippen LogP contribution in [0.4, 0.5) is 0 Å². The van der Waals surface area contributed by atoms with E-state index in [-0.39, 0.29) is 11.9 Å². The van der Waals surface area contributed by atoms with Crippen LogP contribution in [-0.2, 0) is 4.79 Å². The van der Waals surface area contributed by atoms with Gasteiger partial charge in [0.25, 0.3) is 0 Å². The molecule has 0 fully saturated rings. The number of hydrogen-bond acceptors (Lipinski definition) is 2. The van der Waals surface area contributed by atoms with Crippen molar-refractivity contribution < 1.29 is 9.53 Å². The minimum Gasteiger partial charge on any atom is -0.497 e. The molecule has 0 aliphatic heterocycles. The van der Waals surface area contributed by atoms with Crippen LogP contribution in [-0.4, -0.2) is 19.1 Å². The predicted octanol–water partition coefficient (Wildman–Crippen LogP) is 4.18. The summed E-state index contributed by atoms with van der Waals surface area (Å²) in [4.78, 5) is 11.8. The Hall–Kier alpha value is -1.77. The topological polar surface area (TPSA) is 38.3 Å². The van der Waals surface area contributed by atoms with Gasteiger partial charge in [-0.05, 0) is 37.1 Å². The minimum atomic E-state index is -0.0335. The van der Waals surface area contributed by atoms with E-state index >= 15 is 0 Å². The molecule has 0 saturated heterocycles. The Balaban J connectivity index is 2.32. The molecule has 1 rings (SSSR count). The molecule has 0 spiro atoms. The van der Waals surface area contributed by atoms with Gasteiger partial charge in [-0.3, -0.25) is 4.79 Å². The fourth-order valence-corrected chi connectivity index (χ4v) is 2.13. The van der Waals surface area contributed by atoms with Crippen molar-refractivity contribution in [3.05, 3.63) is 35.9 Å². The predicted molar refractivity (Wildman–Crippen MR) is 88.4 cm³/mol. The number of nitrogens with one attached hydrogen (secondary N) is 1. The number of hydrogen-bond donors (Lipinski definition) is 1. The first kappa shape index (κ1) is 17.3. The maximum Gasteiger partial charge on any atom is 0.244 e. The van der Waals surface area contributed by atoms with Crippen molar-refractivity contribution in [1.82, 2.24) is 5.32 Å². The lowest BCUT2D eigenvalue weighted by Crippen LogP contribution is -2.30. The van der Waals surface area contributed by atoms with Gasteiger partial charge in [0.15, 0.2) is 0 Å². The van der Waals surface area contributed by atoms with E-state index < -0.39 is 0 Å². The van der Waals surface area contributed by atoms with Crippen molar-refractivity contribution in [3.8, 4) is 5.75 Å². The molecule has 3 heteroatoms. The molecule has 0 heterocycles. The van der Waals surface area contributed by atoms with Crippen LogP contribution in [0.2, 0.25) is 0 Å². The molecule has 0 saturated carbocycles. The fourth-order valence-electron chi connectivity index (χ4n) is 2.13. The normalized spacial score (nSPS) is 12.3. The second-order valence-electron chi connectivity index (χ2n) is 5.37. The summed E-state index contributed by atoms with van der Waals surface area (Å²) in [5, 5.41) is 3.00. The maximum atomic E-state index is 11.8. The van der Waals surface area contributed by atoms with Crippen molar-refractivity contribution in [1.29, 1.82) is 0 Å². The molecule has 0 aromatic heterocycles. The number of carbonyl (C=O) groups excluding carboxylic acids is 1. The lowest BCUT2D eigenvalue weighted by atomic mass is 10.1. The van der Waals surface area contributed by atoms with E-state index in [9.17, 15) is 4.79 Å². The lowest BCUT2D eigenvalue weighted by Gasteiger charge is -2.11. The average Bonchev–Trinajstić information content (AvgIpc) is 2.50. The van der Waals surface area contributed by atoms with Crippen LogP contribution in [0.3, 0.4) is 0 Å².